The van der Waals surface area contributed by atoms with Crippen molar-refractivity contribution in [2.24, 2.45) is 10.6 Å². The average Bonchev–Trinajstić information content (AvgIpc) is 2.96. The summed E-state index contributed by atoms with van der Waals surface area (Å²) in [5.74, 6) is -0.747. The monoisotopic (exact) mass is 303 g/mol. The van der Waals surface area contributed by atoms with Gasteiger partial charge in [-0.15, -0.1) is 0 Å². The number of rotatable bonds is 4. The fourth-order valence-corrected chi connectivity index (χ4v) is 3.24. The second-order valence-corrected chi connectivity index (χ2v) is 6.24. The Bertz CT molecular complexity index is 590. The molecule has 5 nitrogen and oxygen atoms in total. The van der Waals surface area contributed by atoms with E-state index in [4.69, 9.17) is 9.57 Å². The molecule has 1 atom stereocenters. The van der Waals surface area contributed by atoms with Gasteiger partial charge in [0.25, 0.3) is 0 Å². The van der Waals surface area contributed by atoms with Crippen LogP contribution in [0.25, 0.3) is 0 Å². The van der Waals surface area contributed by atoms with Crippen molar-refractivity contribution in [2.45, 2.75) is 38.7 Å². The zero-order valence-corrected chi connectivity index (χ0v) is 12.7. The van der Waals surface area contributed by atoms with Gasteiger partial charge in [-0.1, -0.05) is 35.0 Å². The van der Waals surface area contributed by atoms with E-state index in [1.54, 1.807) is 0 Å². The van der Waals surface area contributed by atoms with E-state index in [2.05, 4.69) is 11.2 Å². The van der Waals surface area contributed by atoms with Gasteiger partial charge in [-0.2, -0.15) is 0 Å². The van der Waals surface area contributed by atoms with Gasteiger partial charge in [0.15, 0.2) is 0 Å². The van der Waals surface area contributed by atoms with Crippen molar-refractivity contribution in [1.82, 2.24) is 0 Å². The number of carboxylic acid groups (broad SMARTS) is 1. The molecule has 0 amide bonds. The zero-order chi connectivity index (χ0) is 15.6. The molecule has 22 heavy (non-hydrogen) atoms. The number of ether oxygens (including phenoxy) is 1. The highest BCUT2D eigenvalue weighted by molar-refractivity contribution is 6.01. The quantitative estimate of drug-likeness (QED) is 0.928. The zero-order valence-electron chi connectivity index (χ0n) is 12.7. The molecule has 1 aromatic carbocycles. The molecule has 1 N–H and O–H groups in total. The number of benzene rings is 1. The fourth-order valence-electron chi connectivity index (χ4n) is 3.24. The number of hydrogen-bond donors (Lipinski definition) is 1. The second kappa shape index (κ2) is 6.08. The van der Waals surface area contributed by atoms with E-state index in [1.165, 1.54) is 5.56 Å². The van der Waals surface area contributed by atoms with Crippen LogP contribution in [0.5, 0.6) is 0 Å². The smallest absolute Gasteiger partial charge is 0.309 e. The van der Waals surface area contributed by atoms with Gasteiger partial charge in [-0.05, 0) is 25.3 Å². The highest BCUT2D eigenvalue weighted by Gasteiger charge is 2.43. The van der Waals surface area contributed by atoms with Crippen LogP contribution in [0.2, 0.25) is 0 Å². The maximum absolute atomic E-state index is 11.7. The van der Waals surface area contributed by atoms with Crippen molar-refractivity contribution in [3.63, 3.8) is 0 Å². The molecule has 5 heteroatoms. The van der Waals surface area contributed by atoms with E-state index in [1.807, 2.05) is 25.1 Å². The maximum atomic E-state index is 11.7. The number of aryl methyl sites for hydroxylation is 1. The van der Waals surface area contributed by atoms with E-state index in [-0.39, 0.29) is 6.10 Å². The van der Waals surface area contributed by atoms with Crippen LogP contribution in [0.3, 0.4) is 0 Å². The van der Waals surface area contributed by atoms with Crippen LogP contribution in [-0.4, -0.2) is 36.1 Å². The van der Waals surface area contributed by atoms with Crippen LogP contribution in [-0.2, 0) is 14.4 Å². The lowest BCUT2D eigenvalue weighted by atomic mass is 9.75. The van der Waals surface area contributed by atoms with Crippen molar-refractivity contribution >= 4 is 11.7 Å². The first-order valence-electron chi connectivity index (χ1n) is 7.70. The average molecular weight is 303 g/mol. The first-order chi connectivity index (χ1) is 10.6. The normalized spacial score (nSPS) is 23.7. The molecule has 1 fully saturated rings. The number of carbonyl (C=O) groups is 1. The van der Waals surface area contributed by atoms with Gasteiger partial charge in [0.1, 0.15) is 6.10 Å². The van der Waals surface area contributed by atoms with Gasteiger partial charge in [-0.25, -0.2) is 0 Å². The molecule has 0 aromatic heterocycles. The molecule has 0 bridgehead atoms. The maximum Gasteiger partial charge on any atom is 0.309 e. The summed E-state index contributed by atoms with van der Waals surface area (Å²) in [6.07, 6.45) is 2.08. The largest absolute Gasteiger partial charge is 0.481 e. The highest BCUT2D eigenvalue weighted by atomic mass is 16.6. The highest BCUT2D eigenvalue weighted by Crippen LogP contribution is 2.38. The van der Waals surface area contributed by atoms with Crippen LogP contribution in [0.1, 0.15) is 36.8 Å². The minimum atomic E-state index is -0.747. The SMILES string of the molecule is Cc1cccc(C2=NO[C@@H](CC3(C(=O)O)CCOCC3)C2)c1. The number of nitrogens with zero attached hydrogens (tertiary/aromatic N) is 1. The first kappa shape index (κ1) is 15.0. The van der Waals surface area contributed by atoms with Crippen molar-refractivity contribution in [3.05, 3.63) is 35.4 Å². The molecule has 0 saturated carbocycles. The number of oxime groups is 1. The molecule has 1 saturated heterocycles. The number of carboxylic acids is 1. The van der Waals surface area contributed by atoms with Gasteiger partial charge in [0.05, 0.1) is 11.1 Å². The van der Waals surface area contributed by atoms with Crippen LogP contribution >= 0.6 is 0 Å². The van der Waals surface area contributed by atoms with E-state index in [9.17, 15) is 9.90 Å². The van der Waals surface area contributed by atoms with Crippen molar-refractivity contribution < 1.29 is 19.5 Å². The fraction of sp³-hybridized carbons (Fsp3) is 0.529. The molecule has 0 aliphatic carbocycles. The van der Waals surface area contributed by atoms with Gasteiger partial charge < -0.3 is 14.7 Å². The molecule has 0 radical (unpaired) electrons. The van der Waals surface area contributed by atoms with Crippen LogP contribution in [0.15, 0.2) is 29.4 Å². The molecule has 2 aliphatic heterocycles. The molecule has 3 rings (SSSR count). The predicted octanol–water partition coefficient (Wildman–Crippen LogP) is 2.76. The van der Waals surface area contributed by atoms with Gasteiger partial charge in [0.2, 0.25) is 0 Å². The summed E-state index contributed by atoms with van der Waals surface area (Å²) in [7, 11) is 0. The number of aliphatic carboxylic acids is 1. The summed E-state index contributed by atoms with van der Waals surface area (Å²) < 4.78 is 5.31. The van der Waals surface area contributed by atoms with Crippen LogP contribution in [0, 0.1) is 12.3 Å². The predicted molar refractivity (Wildman–Crippen MR) is 81.9 cm³/mol. The van der Waals surface area contributed by atoms with Crippen LogP contribution in [0.4, 0.5) is 0 Å². The topological polar surface area (TPSA) is 68.1 Å². The van der Waals surface area contributed by atoms with Crippen molar-refractivity contribution in [1.29, 1.82) is 0 Å². The molecule has 118 valence electrons. The summed E-state index contributed by atoms with van der Waals surface area (Å²) in [6, 6.07) is 8.13. The summed E-state index contributed by atoms with van der Waals surface area (Å²) in [6.45, 7) is 3.05. The van der Waals surface area contributed by atoms with E-state index in [0.717, 1.165) is 11.3 Å². The lowest BCUT2D eigenvalue weighted by molar-refractivity contribution is -0.158. The molecule has 0 spiro atoms. The molecule has 1 aromatic rings. The Kier molecular flexibility index (Phi) is 4.16. The lowest BCUT2D eigenvalue weighted by Crippen LogP contribution is -2.40. The Morgan fingerprint density at radius 3 is 2.86 bits per heavy atom. The summed E-state index contributed by atoms with van der Waals surface area (Å²) in [4.78, 5) is 17.2. The first-order valence-corrected chi connectivity index (χ1v) is 7.70. The summed E-state index contributed by atoms with van der Waals surface area (Å²) >= 11 is 0. The third kappa shape index (κ3) is 2.99. The second-order valence-electron chi connectivity index (χ2n) is 6.24. The molecule has 2 heterocycles. The minimum absolute atomic E-state index is 0.162. The number of hydrogen-bond acceptors (Lipinski definition) is 4. The Hall–Kier alpha value is -1.88. The molecule has 2 aliphatic rings. The summed E-state index contributed by atoms with van der Waals surface area (Å²) in [5, 5.41) is 13.8. The minimum Gasteiger partial charge on any atom is -0.481 e. The Morgan fingerprint density at radius 1 is 1.41 bits per heavy atom. The van der Waals surface area contributed by atoms with Crippen molar-refractivity contribution in [2.75, 3.05) is 13.2 Å². The van der Waals surface area contributed by atoms with Gasteiger partial charge in [0, 0.05) is 26.1 Å². The Morgan fingerprint density at radius 2 is 2.18 bits per heavy atom. The van der Waals surface area contributed by atoms with Gasteiger partial charge in [-0.3, -0.25) is 4.79 Å². The lowest BCUT2D eigenvalue weighted by Gasteiger charge is -2.34. The Labute approximate surface area is 129 Å². The van der Waals surface area contributed by atoms with Crippen molar-refractivity contribution in [3.8, 4) is 0 Å². The molecular weight excluding hydrogens is 282 g/mol. The molecule has 0 unspecified atom stereocenters. The summed E-state index contributed by atoms with van der Waals surface area (Å²) in [5.41, 5.74) is 2.40. The van der Waals surface area contributed by atoms with Gasteiger partial charge >= 0.3 is 5.97 Å². The molecular formula is C17H21NO4. The third-order valence-electron chi connectivity index (χ3n) is 4.61. The Balaban J connectivity index is 1.67. The standard InChI is InChI=1S/C17H21NO4/c1-12-3-2-4-13(9-12)15-10-14(22-18-15)11-17(16(19)20)5-7-21-8-6-17/h2-4,9,14H,5-8,10-11H2,1H3,(H,19,20)/t14-/m1/s1. The van der Waals surface area contributed by atoms with E-state index in [0.29, 0.717) is 38.9 Å². The third-order valence-corrected chi connectivity index (χ3v) is 4.61. The van der Waals surface area contributed by atoms with Crippen LogP contribution < -0.4 is 0 Å². The van der Waals surface area contributed by atoms with E-state index >= 15 is 0 Å². The van der Waals surface area contributed by atoms with E-state index < -0.39 is 11.4 Å².